The molecule has 5 aromatic rings. The fourth-order valence-electron chi connectivity index (χ4n) is 6.14. The van der Waals surface area contributed by atoms with Gasteiger partial charge in [-0.3, -0.25) is 5.10 Å². The molecule has 224 valence electrons. The molecule has 3 aromatic carbocycles. The van der Waals surface area contributed by atoms with Crippen LogP contribution in [0.4, 0.5) is 0 Å². The first-order chi connectivity index (χ1) is 21.2. The first-order valence-electron chi connectivity index (χ1n) is 15.3. The number of fused-ring (bicyclic) bond motifs is 3. The average Bonchev–Trinajstić information content (AvgIpc) is 3.57. The minimum absolute atomic E-state index is 0.289. The van der Waals surface area contributed by atoms with E-state index in [0.717, 1.165) is 74.8 Å². The van der Waals surface area contributed by atoms with E-state index in [1.165, 1.54) is 0 Å². The number of nitrogens with one attached hydrogen (secondary N) is 1. The Morgan fingerprint density at radius 1 is 1.00 bits per heavy atom. The van der Waals surface area contributed by atoms with E-state index in [-0.39, 0.29) is 5.97 Å². The van der Waals surface area contributed by atoms with Crippen LogP contribution in [0, 0.1) is 0 Å². The van der Waals surface area contributed by atoms with Crippen LogP contribution in [0.3, 0.4) is 0 Å². The molecule has 0 amide bonds. The van der Waals surface area contributed by atoms with E-state index in [0.29, 0.717) is 58.3 Å². The maximum absolute atomic E-state index is 13.6. The molecule has 6 rings (SSSR count). The number of rotatable bonds is 10. The summed E-state index contributed by atoms with van der Waals surface area (Å²) in [4.78, 5) is 13.6. The summed E-state index contributed by atoms with van der Waals surface area (Å²) in [6.07, 6.45) is 3.19. The van der Waals surface area contributed by atoms with Crippen LogP contribution in [0.2, 0.25) is 0 Å². The zero-order valence-electron chi connectivity index (χ0n) is 25.0. The van der Waals surface area contributed by atoms with Crippen molar-refractivity contribution in [2.75, 3.05) is 26.4 Å². The molecule has 0 fully saturated rings. The van der Waals surface area contributed by atoms with E-state index >= 15 is 0 Å². The largest absolute Gasteiger partial charge is 0.493 e. The lowest BCUT2D eigenvalue weighted by Crippen LogP contribution is -2.15. The minimum atomic E-state index is -0.289. The Morgan fingerprint density at radius 3 is 2.72 bits per heavy atom. The highest BCUT2D eigenvalue weighted by Gasteiger charge is 2.28. The summed E-state index contributed by atoms with van der Waals surface area (Å²) < 4.78 is 25.9. The fraction of sp³-hybridized carbons (Fsp3) is 0.371. The van der Waals surface area contributed by atoms with Gasteiger partial charge in [-0.25, -0.2) is 4.79 Å². The summed E-state index contributed by atoms with van der Waals surface area (Å²) in [5.74, 6) is 0.585. The van der Waals surface area contributed by atoms with Gasteiger partial charge in [0.1, 0.15) is 11.4 Å². The van der Waals surface area contributed by atoms with Gasteiger partial charge in [-0.05, 0) is 56.5 Å². The SMILES string of the molecule is CCOCc1n[nH]c2c1-c1cccc3c(CCCOc4cccc5ccccc45)c(C(=O)OCC)n(c13)CCCCOC2. The van der Waals surface area contributed by atoms with Gasteiger partial charge in [0.2, 0.25) is 0 Å². The quantitative estimate of drug-likeness (QED) is 0.138. The number of hydrogen-bond donors (Lipinski definition) is 1. The zero-order valence-corrected chi connectivity index (χ0v) is 25.0. The molecular formula is C35H39N3O5. The van der Waals surface area contributed by atoms with Crippen LogP contribution in [0.1, 0.15) is 60.5 Å². The average molecular weight is 582 g/mol. The van der Waals surface area contributed by atoms with Gasteiger partial charge in [0.25, 0.3) is 0 Å². The zero-order chi connectivity index (χ0) is 29.6. The number of aromatic nitrogens is 3. The van der Waals surface area contributed by atoms with E-state index in [9.17, 15) is 4.79 Å². The van der Waals surface area contributed by atoms with Gasteiger partial charge >= 0.3 is 5.97 Å². The Kier molecular flexibility index (Phi) is 9.05. The molecule has 0 aliphatic carbocycles. The van der Waals surface area contributed by atoms with E-state index in [2.05, 4.69) is 51.2 Å². The Bertz CT molecular complexity index is 1700. The lowest BCUT2D eigenvalue weighted by molar-refractivity contribution is 0.0512. The molecule has 2 aromatic heterocycles. The Hall–Kier alpha value is -4.14. The molecule has 0 saturated carbocycles. The van der Waals surface area contributed by atoms with E-state index < -0.39 is 0 Å². The van der Waals surface area contributed by atoms with Crippen molar-refractivity contribution in [2.24, 2.45) is 0 Å². The van der Waals surface area contributed by atoms with E-state index in [1.54, 1.807) is 0 Å². The molecule has 1 N–H and O–H groups in total. The number of nitrogens with zero attached hydrogens (tertiary/aromatic N) is 2. The number of esters is 1. The summed E-state index contributed by atoms with van der Waals surface area (Å²) in [5, 5.41) is 11.1. The third kappa shape index (κ3) is 5.90. The first-order valence-corrected chi connectivity index (χ1v) is 15.3. The molecule has 8 heteroatoms. The number of carbonyl (C=O) groups is 1. The van der Waals surface area contributed by atoms with Gasteiger partial charge in [0, 0.05) is 41.7 Å². The Labute approximate surface area is 251 Å². The molecule has 3 heterocycles. The van der Waals surface area contributed by atoms with Crippen molar-refractivity contribution in [3.05, 3.63) is 83.3 Å². The van der Waals surface area contributed by atoms with Crippen LogP contribution in [0.15, 0.2) is 60.7 Å². The number of aromatic amines is 1. The summed E-state index contributed by atoms with van der Waals surface area (Å²) >= 11 is 0. The Balaban J connectivity index is 1.41. The Morgan fingerprint density at radius 2 is 1.84 bits per heavy atom. The van der Waals surface area contributed by atoms with Crippen molar-refractivity contribution in [3.8, 4) is 16.9 Å². The fourth-order valence-corrected chi connectivity index (χ4v) is 6.14. The summed E-state index contributed by atoms with van der Waals surface area (Å²) in [5.41, 5.74) is 6.42. The minimum Gasteiger partial charge on any atom is -0.493 e. The number of ether oxygens (including phenoxy) is 4. The van der Waals surface area contributed by atoms with Gasteiger partial charge in [-0.1, -0.05) is 54.6 Å². The highest BCUT2D eigenvalue weighted by molar-refractivity contribution is 6.05. The summed E-state index contributed by atoms with van der Waals surface area (Å²) in [6.45, 7) is 7.42. The molecule has 0 bridgehead atoms. The lowest BCUT2D eigenvalue weighted by atomic mass is 9.98. The van der Waals surface area contributed by atoms with Gasteiger partial charge in [-0.2, -0.15) is 5.10 Å². The second kappa shape index (κ2) is 13.4. The van der Waals surface area contributed by atoms with Gasteiger partial charge < -0.3 is 23.5 Å². The van der Waals surface area contributed by atoms with Crippen LogP contribution in [-0.4, -0.2) is 47.2 Å². The van der Waals surface area contributed by atoms with Gasteiger partial charge in [0.05, 0.1) is 43.3 Å². The normalized spacial score (nSPS) is 13.5. The number of hydrogen-bond acceptors (Lipinski definition) is 6. The maximum Gasteiger partial charge on any atom is 0.355 e. The third-order valence-corrected chi connectivity index (χ3v) is 8.03. The highest BCUT2D eigenvalue weighted by atomic mass is 16.5. The maximum atomic E-state index is 13.6. The van der Waals surface area contributed by atoms with E-state index in [4.69, 9.17) is 18.9 Å². The monoisotopic (exact) mass is 581 g/mol. The predicted octanol–water partition coefficient (Wildman–Crippen LogP) is 7.22. The molecule has 0 saturated heterocycles. The summed E-state index contributed by atoms with van der Waals surface area (Å²) in [7, 11) is 0. The number of benzene rings is 3. The number of aryl methyl sites for hydroxylation is 2. The number of H-pyrrole nitrogens is 1. The summed E-state index contributed by atoms with van der Waals surface area (Å²) in [6, 6.07) is 20.7. The molecule has 1 aliphatic rings. The van der Waals surface area contributed by atoms with Crippen LogP contribution < -0.4 is 4.74 Å². The topological polar surface area (TPSA) is 87.6 Å². The van der Waals surface area contributed by atoms with Crippen LogP contribution in [-0.2, 0) is 40.4 Å². The number of carbonyl (C=O) groups excluding carboxylic acids is 1. The van der Waals surface area contributed by atoms with Crippen molar-refractivity contribution in [2.45, 2.75) is 59.3 Å². The molecule has 0 radical (unpaired) electrons. The molecule has 0 unspecified atom stereocenters. The van der Waals surface area contributed by atoms with Crippen LogP contribution in [0.25, 0.3) is 32.8 Å². The lowest BCUT2D eigenvalue weighted by Gasteiger charge is -2.13. The van der Waals surface area contributed by atoms with Crippen molar-refractivity contribution < 1.29 is 23.7 Å². The van der Waals surface area contributed by atoms with Gasteiger partial charge in [0.15, 0.2) is 0 Å². The molecule has 0 atom stereocenters. The second-order valence-corrected chi connectivity index (χ2v) is 10.8. The van der Waals surface area contributed by atoms with Crippen molar-refractivity contribution in [1.29, 1.82) is 0 Å². The molecular weight excluding hydrogens is 542 g/mol. The van der Waals surface area contributed by atoms with Crippen molar-refractivity contribution in [3.63, 3.8) is 0 Å². The first kappa shape index (κ1) is 29.0. The second-order valence-electron chi connectivity index (χ2n) is 10.8. The molecule has 8 nitrogen and oxygen atoms in total. The third-order valence-electron chi connectivity index (χ3n) is 8.03. The standard InChI is InChI=1S/C35H39N3O5/c1-3-40-22-29-32-28-16-10-15-26-27(17-11-21-43-31-18-9-13-24-12-5-6-14-25(24)31)34(35(39)42-4-2)38(33(26)28)19-7-8-20-41-23-30(32)37-36-29/h5-6,9-10,12-16,18H,3-4,7-8,11,17,19-23H2,1-2H3,(H,36,37). The number of para-hydroxylation sites is 1. The van der Waals surface area contributed by atoms with Crippen LogP contribution in [0.5, 0.6) is 5.75 Å². The van der Waals surface area contributed by atoms with Crippen molar-refractivity contribution >= 4 is 27.6 Å². The van der Waals surface area contributed by atoms with Crippen LogP contribution >= 0.6 is 0 Å². The predicted molar refractivity (Wildman–Crippen MR) is 167 cm³/mol. The van der Waals surface area contributed by atoms with E-state index in [1.807, 2.05) is 38.1 Å². The van der Waals surface area contributed by atoms with Gasteiger partial charge in [-0.15, -0.1) is 0 Å². The molecule has 1 aliphatic heterocycles. The molecule has 0 spiro atoms. The smallest absolute Gasteiger partial charge is 0.355 e. The highest BCUT2D eigenvalue weighted by Crippen LogP contribution is 2.39. The van der Waals surface area contributed by atoms with Crippen molar-refractivity contribution in [1.82, 2.24) is 14.8 Å². The molecule has 43 heavy (non-hydrogen) atoms.